The quantitative estimate of drug-likeness (QED) is 0.735. The number of amides is 3. The molecule has 1 heterocycles. The van der Waals surface area contributed by atoms with Gasteiger partial charge in [0, 0.05) is 35.7 Å². The summed E-state index contributed by atoms with van der Waals surface area (Å²) in [7, 11) is 0. The summed E-state index contributed by atoms with van der Waals surface area (Å²) in [5.41, 5.74) is 8.07. The molecular weight excluding hydrogens is 328 g/mol. The van der Waals surface area contributed by atoms with Crippen LogP contribution < -0.4 is 16.4 Å². The highest BCUT2D eigenvalue weighted by Gasteiger charge is 2.21. The lowest BCUT2D eigenvalue weighted by atomic mass is 9.98. The standard InChI is InChI=1S/C20H24N4O2/c1-14-9-11-24(12-10-14)19(25)15-3-2-4-18(13-15)23-20(26)22-17-7-5-16(21)6-8-17/h2-8,13-14H,9-12,21H2,1H3,(H2,22,23,26). The number of nitrogen functional groups attached to an aromatic ring is 1. The molecule has 2 aromatic rings. The van der Waals surface area contributed by atoms with E-state index in [2.05, 4.69) is 17.6 Å². The van der Waals surface area contributed by atoms with Gasteiger partial charge < -0.3 is 21.3 Å². The Hall–Kier alpha value is -3.02. The second-order valence-electron chi connectivity index (χ2n) is 6.76. The molecular formula is C20H24N4O2. The first-order valence-corrected chi connectivity index (χ1v) is 8.84. The van der Waals surface area contributed by atoms with Crippen LogP contribution in [0.2, 0.25) is 0 Å². The highest BCUT2D eigenvalue weighted by atomic mass is 16.2. The van der Waals surface area contributed by atoms with E-state index in [1.807, 2.05) is 4.90 Å². The van der Waals surface area contributed by atoms with E-state index in [1.165, 1.54) is 0 Å². The van der Waals surface area contributed by atoms with Gasteiger partial charge >= 0.3 is 6.03 Å². The zero-order chi connectivity index (χ0) is 18.5. The van der Waals surface area contributed by atoms with Crippen molar-refractivity contribution in [2.75, 3.05) is 29.5 Å². The number of hydrogen-bond donors (Lipinski definition) is 3. The maximum atomic E-state index is 12.7. The van der Waals surface area contributed by atoms with E-state index in [-0.39, 0.29) is 11.9 Å². The van der Waals surface area contributed by atoms with Gasteiger partial charge in [-0.25, -0.2) is 4.79 Å². The van der Waals surface area contributed by atoms with Crippen LogP contribution in [0.15, 0.2) is 48.5 Å². The van der Waals surface area contributed by atoms with Crippen LogP contribution in [0, 0.1) is 5.92 Å². The fourth-order valence-corrected chi connectivity index (χ4v) is 2.98. The Labute approximate surface area is 153 Å². The zero-order valence-corrected chi connectivity index (χ0v) is 14.9. The van der Waals surface area contributed by atoms with Gasteiger partial charge in [0.2, 0.25) is 0 Å². The van der Waals surface area contributed by atoms with Gasteiger partial charge in [-0.2, -0.15) is 0 Å². The van der Waals surface area contributed by atoms with Crippen molar-refractivity contribution in [3.63, 3.8) is 0 Å². The third-order valence-corrected chi connectivity index (χ3v) is 4.61. The molecule has 136 valence electrons. The minimum absolute atomic E-state index is 0.0134. The average Bonchev–Trinajstić information content (AvgIpc) is 2.64. The van der Waals surface area contributed by atoms with Gasteiger partial charge in [0.05, 0.1) is 0 Å². The topological polar surface area (TPSA) is 87.5 Å². The first-order chi connectivity index (χ1) is 12.5. The van der Waals surface area contributed by atoms with Crippen LogP contribution in [-0.4, -0.2) is 29.9 Å². The number of carbonyl (C=O) groups is 2. The molecule has 3 amide bonds. The van der Waals surface area contributed by atoms with Crippen molar-refractivity contribution in [1.29, 1.82) is 0 Å². The Morgan fingerprint density at radius 2 is 1.65 bits per heavy atom. The molecule has 0 saturated carbocycles. The van der Waals surface area contributed by atoms with Gasteiger partial charge in [-0.1, -0.05) is 13.0 Å². The molecule has 0 aromatic heterocycles. The highest BCUT2D eigenvalue weighted by molar-refractivity contribution is 6.01. The third kappa shape index (κ3) is 4.53. The molecule has 0 bridgehead atoms. The van der Waals surface area contributed by atoms with Crippen molar-refractivity contribution < 1.29 is 9.59 Å². The van der Waals surface area contributed by atoms with Crippen LogP contribution in [0.1, 0.15) is 30.1 Å². The lowest BCUT2D eigenvalue weighted by Crippen LogP contribution is -2.37. The largest absolute Gasteiger partial charge is 0.399 e. The lowest BCUT2D eigenvalue weighted by Gasteiger charge is -2.30. The summed E-state index contributed by atoms with van der Waals surface area (Å²) >= 11 is 0. The monoisotopic (exact) mass is 352 g/mol. The van der Waals surface area contributed by atoms with Crippen LogP contribution >= 0.6 is 0 Å². The minimum atomic E-state index is -0.369. The molecule has 6 heteroatoms. The predicted octanol–water partition coefficient (Wildman–Crippen LogP) is 3.78. The second kappa shape index (κ2) is 7.91. The molecule has 26 heavy (non-hydrogen) atoms. The fraction of sp³-hybridized carbons (Fsp3) is 0.300. The van der Waals surface area contributed by atoms with E-state index < -0.39 is 0 Å². The van der Waals surface area contributed by atoms with E-state index in [0.29, 0.717) is 28.5 Å². The summed E-state index contributed by atoms with van der Waals surface area (Å²) in [6, 6.07) is 13.6. The molecule has 1 aliphatic rings. The van der Waals surface area contributed by atoms with Gasteiger partial charge in [-0.05, 0) is 61.2 Å². The number of nitrogens with zero attached hydrogens (tertiary/aromatic N) is 1. The molecule has 0 atom stereocenters. The Morgan fingerprint density at radius 1 is 1.00 bits per heavy atom. The first kappa shape index (κ1) is 17.8. The van der Waals surface area contributed by atoms with Crippen LogP contribution in [0.25, 0.3) is 0 Å². The number of hydrogen-bond acceptors (Lipinski definition) is 3. The van der Waals surface area contributed by atoms with Crippen LogP contribution in [0.3, 0.4) is 0 Å². The Balaban J connectivity index is 1.62. The van der Waals surface area contributed by atoms with Crippen LogP contribution in [0.4, 0.5) is 21.9 Å². The van der Waals surface area contributed by atoms with Gasteiger partial charge in [0.1, 0.15) is 0 Å². The van der Waals surface area contributed by atoms with E-state index in [9.17, 15) is 9.59 Å². The van der Waals surface area contributed by atoms with Crippen molar-refractivity contribution in [1.82, 2.24) is 4.90 Å². The molecule has 1 aliphatic heterocycles. The Bertz CT molecular complexity index is 781. The fourth-order valence-electron chi connectivity index (χ4n) is 2.98. The van der Waals surface area contributed by atoms with Crippen molar-refractivity contribution in [3.05, 3.63) is 54.1 Å². The van der Waals surface area contributed by atoms with Crippen molar-refractivity contribution in [2.45, 2.75) is 19.8 Å². The second-order valence-corrected chi connectivity index (χ2v) is 6.76. The number of nitrogens with two attached hydrogens (primary N) is 1. The summed E-state index contributed by atoms with van der Waals surface area (Å²) in [5, 5.41) is 5.49. The maximum Gasteiger partial charge on any atom is 0.323 e. The molecule has 0 spiro atoms. The maximum absolute atomic E-state index is 12.7. The molecule has 2 aromatic carbocycles. The summed E-state index contributed by atoms with van der Waals surface area (Å²) in [4.78, 5) is 26.7. The lowest BCUT2D eigenvalue weighted by molar-refractivity contribution is 0.0697. The zero-order valence-electron chi connectivity index (χ0n) is 14.9. The van der Waals surface area contributed by atoms with Gasteiger partial charge in [-0.15, -0.1) is 0 Å². The van der Waals surface area contributed by atoms with Crippen molar-refractivity contribution in [2.24, 2.45) is 5.92 Å². The number of carbonyl (C=O) groups excluding carboxylic acids is 2. The summed E-state index contributed by atoms with van der Waals surface area (Å²) < 4.78 is 0. The highest BCUT2D eigenvalue weighted by Crippen LogP contribution is 2.20. The van der Waals surface area contributed by atoms with Crippen molar-refractivity contribution >= 4 is 29.0 Å². The average molecular weight is 352 g/mol. The molecule has 0 radical (unpaired) electrons. The third-order valence-electron chi connectivity index (χ3n) is 4.61. The van der Waals surface area contributed by atoms with Crippen LogP contribution in [0.5, 0.6) is 0 Å². The molecule has 0 aliphatic carbocycles. The predicted molar refractivity (Wildman–Crippen MR) is 104 cm³/mol. The molecule has 1 saturated heterocycles. The minimum Gasteiger partial charge on any atom is -0.399 e. The number of likely N-dealkylation sites (tertiary alicyclic amines) is 1. The van der Waals surface area contributed by atoms with Gasteiger partial charge in [0.15, 0.2) is 0 Å². The number of urea groups is 1. The van der Waals surface area contributed by atoms with Crippen molar-refractivity contribution in [3.8, 4) is 0 Å². The number of anilines is 3. The van der Waals surface area contributed by atoms with Crippen LogP contribution in [-0.2, 0) is 0 Å². The number of nitrogens with one attached hydrogen (secondary N) is 2. The van der Waals surface area contributed by atoms with E-state index in [4.69, 9.17) is 5.73 Å². The Morgan fingerprint density at radius 3 is 2.35 bits per heavy atom. The van der Waals surface area contributed by atoms with E-state index in [0.717, 1.165) is 25.9 Å². The van der Waals surface area contributed by atoms with Gasteiger partial charge in [-0.3, -0.25) is 4.79 Å². The van der Waals surface area contributed by atoms with Gasteiger partial charge in [0.25, 0.3) is 5.91 Å². The van der Waals surface area contributed by atoms with E-state index in [1.54, 1.807) is 48.5 Å². The smallest absolute Gasteiger partial charge is 0.323 e. The van der Waals surface area contributed by atoms with E-state index >= 15 is 0 Å². The normalized spacial score (nSPS) is 14.7. The number of rotatable bonds is 3. The molecule has 4 N–H and O–H groups in total. The SMILES string of the molecule is CC1CCN(C(=O)c2cccc(NC(=O)Nc3ccc(N)cc3)c2)CC1. The summed E-state index contributed by atoms with van der Waals surface area (Å²) in [6.45, 7) is 3.79. The first-order valence-electron chi connectivity index (χ1n) is 8.84. The number of benzene rings is 2. The molecule has 1 fully saturated rings. The summed E-state index contributed by atoms with van der Waals surface area (Å²) in [5.74, 6) is 0.684. The molecule has 6 nitrogen and oxygen atoms in total. The summed E-state index contributed by atoms with van der Waals surface area (Å²) in [6.07, 6.45) is 2.07. The molecule has 0 unspecified atom stereocenters. The molecule has 3 rings (SSSR count). The number of piperidine rings is 1. The Kier molecular flexibility index (Phi) is 5.41.